The molecule has 0 unspecified atom stereocenters. The van der Waals surface area contributed by atoms with Gasteiger partial charge < -0.3 is 0 Å². The van der Waals surface area contributed by atoms with Crippen LogP contribution in [0.3, 0.4) is 0 Å². The van der Waals surface area contributed by atoms with Crippen molar-refractivity contribution in [2.45, 2.75) is 0 Å². The molecule has 7 heteroatoms. The van der Waals surface area contributed by atoms with Crippen molar-refractivity contribution in [1.29, 1.82) is 0 Å². The molecule has 0 atom stereocenters. The second-order valence-electron chi connectivity index (χ2n) is 2.80. The van der Waals surface area contributed by atoms with Crippen molar-refractivity contribution in [3.8, 4) is 0 Å². The average Bonchev–Trinajstić information content (AvgIpc) is 2.57. The summed E-state index contributed by atoms with van der Waals surface area (Å²) >= 11 is 0. The van der Waals surface area contributed by atoms with E-state index in [1.165, 1.54) is 5.39 Å². The molecule has 1 N–H and O–H groups in total. The van der Waals surface area contributed by atoms with Crippen molar-refractivity contribution in [3.63, 3.8) is 0 Å². The maximum atomic E-state index is 8.49. The van der Waals surface area contributed by atoms with Crippen LogP contribution in [0.5, 0.6) is 0 Å². The van der Waals surface area contributed by atoms with Crippen molar-refractivity contribution in [3.05, 3.63) is 37.0 Å². The van der Waals surface area contributed by atoms with Crippen molar-refractivity contribution in [1.82, 2.24) is 5.10 Å². The Morgan fingerprint density at radius 3 is 2.25 bits per heavy atom. The van der Waals surface area contributed by atoms with Gasteiger partial charge in [0.25, 0.3) is 0 Å². The topological polar surface area (TPSA) is 112 Å². The van der Waals surface area contributed by atoms with Crippen LogP contribution in [0.4, 0.5) is 0 Å². The summed E-state index contributed by atoms with van der Waals surface area (Å²) in [7, 11) is -4.94. The van der Waals surface area contributed by atoms with Crippen molar-refractivity contribution < 1.29 is 33.6 Å². The number of hydrogen-bond acceptors (Lipinski definition) is 4. The van der Waals surface area contributed by atoms with Crippen LogP contribution >= 0.6 is 0 Å². The molecular weight excluding hydrogens is 236 g/mol. The van der Waals surface area contributed by atoms with Gasteiger partial charge in [-0.2, -0.15) is 5.10 Å². The maximum Gasteiger partial charge on any atom is 0.209 e. The Balaban J connectivity index is 0.000000221. The van der Waals surface area contributed by atoms with Gasteiger partial charge in [0.05, 0.1) is 5.39 Å². The lowest BCUT2D eigenvalue weighted by Crippen LogP contribution is -2.68. The third kappa shape index (κ3) is 4.39. The molecule has 16 heavy (non-hydrogen) atoms. The van der Waals surface area contributed by atoms with Crippen LogP contribution in [0.1, 0.15) is 0 Å². The summed E-state index contributed by atoms with van der Waals surface area (Å²) in [5.74, 6) is 0. The highest BCUT2D eigenvalue weighted by molar-refractivity contribution is 5.76. The van der Waals surface area contributed by atoms with Gasteiger partial charge in [0.2, 0.25) is 6.20 Å². The van der Waals surface area contributed by atoms with E-state index in [4.69, 9.17) is 18.6 Å². The van der Waals surface area contributed by atoms with Gasteiger partial charge in [-0.1, -0.05) is 16.8 Å². The van der Waals surface area contributed by atoms with Gasteiger partial charge in [0.15, 0.2) is 6.20 Å². The minimum atomic E-state index is -4.94. The van der Waals surface area contributed by atoms with Crippen LogP contribution in [0, 0.1) is 10.2 Å². The molecule has 86 valence electrons. The molecule has 6 nitrogen and oxygen atoms in total. The lowest BCUT2D eigenvalue weighted by Gasteiger charge is -2.17. The van der Waals surface area contributed by atoms with Crippen LogP contribution < -0.4 is 23.3 Å². The first-order chi connectivity index (χ1) is 7.40. The molecule has 2 rings (SSSR count). The highest BCUT2D eigenvalue weighted by Crippen LogP contribution is 2.06. The zero-order valence-electron chi connectivity index (χ0n) is 8.13. The molecule has 1 aromatic carbocycles. The summed E-state index contributed by atoms with van der Waals surface area (Å²) in [4.78, 5) is 0. The fraction of sp³-hybridized carbons (Fsp3) is 0. The monoisotopic (exact) mass is 244 g/mol. The summed E-state index contributed by atoms with van der Waals surface area (Å²) < 4.78 is 35.8. The maximum absolute atomic E-state index is 8.49. The summed E-state index contributed by atoms with van der Waals surface area (Å²) in [5, 5.41) is 4.35. The van der Waals surface area contributed by atoms with Crippen molar-refractivity contribution >= 4 is 17.1 Å². The Hall–Kier alpha value is -1.44. The highest BCUT2D eigenvalue weighted by atomic mass is 35.7. The Labute approximate surface area is 93.4 Å². The number of nitrogens with one attached hydrogen (secondary N) is 1. The predicted octanol–water partition coefficient (Wildman–Crippen LogP) is -3.20. The van der Waals surface area contributed by atoms with Crippen molar-refractivity contribution in [2.75, 3.05) is 0 Å². The van der Waals surface area contributed by atoms with Gasteiger partial charge >= 0.3 is 0 Å². The van der Waals surface area contributed by atoms with E-state index in [0.29, 0.717) is 0 Å². The number of fused-ring (bicyclic) bond motifs is 1. The highest BCUT2D eigenvalue weighted by Gasteiger charge is 2.00. The molecule has 1 aromatic heterocycles. The smallest absolute Gasteiger partial charge is 0.209 e. The fourth-order valence-electron chi connectivity index (χ4n) is 1.13. The molecule has 0 saturated heterocycles. The number of rotatable bonds is 1. The van der Waals surface area contributed by atoms with E-state index in [0.717, 1.165) is 5.52 Å². The Morgan fingerprint density at radius 2 is 1.75 bits per heavy atom. The normalized spacial score (nSPS) is 10.8. The molecule has 2 aromatic rings. The number of H-pyrrole nitrogens is 1. The summed E-state index contributed by atoms with van der Waals surface area (Å²) in [6.45, 7) is 3.66. The van der Waals surface area contributed by atoms with E-state index in [1.54, 1.807) is 6.20 Å². The third-order valence-electron chi connectivity index (χ3n) is 1.69. The quantitative estimate of drug-likeness (QED) is 0.533. The second-order valence-corrected chi connectivity index (χ2v) is 3.55. The minimum Gasteiger partial charge on any atom is -0.222 e. The minimum absolute atomic E-state index is 1.13. The van der Waals surface area contributed by atoms with Gasteiger partial charge in [0.1, 0.15) is 5.52 Å². The predicted molar refractivity (Wildman–Crippen MR) is 44.9 cm³/mol. The average molecular weight is 245 g/mol. The summed E-state index contributed by atoms with van der Waals surface area (Å²) in [6, 6.07) is 8.12. The standard InChI is InChI=1S/C9H8N2.ClHO4/c1-2-11-7-8-5-3-4-6-9(8)10-11;2-1(3,4)5/h2-7H,1H2;(H,2,3,4,5). The zero-order valence-corrected chi connectivity index (χ0v) is 8.89. The number of nitrogens with zero attached hydrogens (tertiary/aromatic N) is 1. The third-order valence-corrected chi connectivity index (χ3v) is 1.69. The summed E-state index contributed by atoms with van der Waals surface area (Å²) in [6.07, 6.45) is 3.74. The molecule has 0 bridgehead atoms. The number of aromatic nitrogens is 2. The molecule has 0 spiro atoms. The van der Waals surface area contributed by atoms with E-state index in [1.807, 2.05) is 29.1 Å². The molecule has 0 fully saturated rings. The van der Waals surface area contributed by atoms with Crippen LogP contribution in [-0.4, -0.2) is 5.10 Å². The molecule has 0 radical (unpaired) electrons. The van der Waals surface area contributed by atoms with Gasteiger partial charge in [-0.05, 0) is 18.7 Å². The van der Waals surface area contributed by atoms with E-state index in [2.05, 4.69) is 17.7 Å². The SMILES string of the molecule is C=C[n+]1cc2ccccc2[nH]1.[O-][Cl+3]([O-])([O-])[O-]. The number of benzene rings is 1. The van der Waals surface area contributed by atoms with Crippen LogP contribution in [0.2, 0.25) is 0 Å². The van der Waals surface area contributed by atoms with Crippen LogP contribution in [0.25, 0.3) is 17.1 Å². The number of halogens is 1. The zero-order chi connectivity index (χ0) is 12.2. The van der Waals surface area contributed by atoms with E-state index in [9.17, 15) is 0 Å². The Bertz CT molecular complexity index is 439. The number of para-hydroxylation sites is 1. The van der Waals surface area contributed by atoms with E-state index in [-0.39, 0.29) is 0 Å². The lowest BCUT2D eigenvalue weighted by molar-refractivity contribution is -2.00. The molecule has 0 aliphatic carbocycles. The molecule has 0 aliphatic rings. The lowest BCUT2D eigenvalue weighted by atomic mass is 10.3. The van der Waals surface area contributed by atoms with E-state index < -0.39 is 10.2 Å². The van der Waals surface area contributed by atoms with Gasteiger partial charge in [0, 0.05) is 0 Å². The number of hydrogen-bond donors (Lipinski definition) is 1. The molecule has 1 heterocycles. The molecule has 0 aliphatic heterocycles. The fourth-order valence-corrected chi connectivity index (χ4v) is 1.13. The first-order valence-electron chi connectivity index (χ1n) is 4.13. The Morgan fingerprint density at radius 1 is 1.19 bits per heavy atom. The van der Waals surface area contributed by atoms with Crippen LogP contribution in [-0.2, 0) is 0 Å². The van der Waals surface area contributed by atoms with Crippen LogP contribution in [0.15, 0.2) is 37.0 Å². The first-order valence-corrected chi connectivity index (χ1v) is 5.37. The van der Waals surface area contributed by atoms with Gasteiger partial charge in [-0.25, -0.2) is 18.6 Å². The van der Waals surface area contributed by atoms with Gasteiger partial charge in [-0.15, -0.1) is 10.2 Å². The summed E-state index contributed by atoms with van der Waals surface area (Å²) in [5.41, 5.74) is 1.13. The molecule has 0 amide bonds. The molecular formula is C9H9ClN2O4. The first kappa shape index (κ1) is 12.6. The van der Waals surface area contributed by atoms with Crippen molar-refractivity contribution in [2.24, 2.45) is 0 Å². The Kier molecular flexibility index (Phi) is 3.99. The van der Waals surface area contributed by atoms with Gasteiger partial charge in [-0.3, -0.25) is 0 Å². The van der Waals surface area contributed by atoms with E-state index >= 15 is 0 Å². The molecule has 0 saturated carbocycles. The second kappa shape index (κ2) is 5.06. The number of aromatic amines is 1. The largest absolute Gasteiger partial charge is 0.222 e.